The van der Waals surface area contributed by atoms with Gasteiger partial charge in [0.15, 0.2) is 0 Å². The summed E-state index contributed by atoms with van der Waals surface area (Å²) in [5, 5.41) is 0. The largest absolute Gasteiger partial charge is 0.0645 e. The molecule has 0 aliphatic rings. The standard InChI is InChI=1S/C48H58/c1-8-45(4,40-26-16-10-17-27-40)37-46(5,41-28-18-11-19-29-41)34-35-47(6,42-30-20-12-21-31-42)38-48(7,43-32-22-13-23-33-43)36-44(2,3)39-24-14-9-15-25-39/h9-33H,8,34-38H2,1-7H3. The molecule has 4 unspecified atom stereocenters. The summed E-state index contributed by atoms with van der Waals surface area (Å²) in [6.45, 7) is 17.4. The molecule has 0 bridgehead atoms. The van der Waals surface area contributed by atoms with Gasteiger partial charge in [0.05, 0.1) is 0 Å². The topological polar surface area (TPSA) is 0 Å². The fourth-order valence-corrected chi connectivity index (χ4v) is 8.97. The predicted molar refractivity (Wildman–Crippen MR) is 208 cm³/mol. The number of hydrogen-bond donors (Lipinski definition) is 0. The average Bonchev–Trinajstić information content (AvgIpc) is 3.12. The summed E-state index contributed by atoms with van der Waals surface area (Å²) >= 11 is 0. The fourth-order valence-electron chi connectivity index (χ4n) is 8.97. The Morgan fingerprint density at radius 1 is 0.312 bits per heavy atom. The van der Waals surface area contributed by atoms with Crippen molar-refractivity contribution in [3.05, 3.63) is 179 Å². The second-order valence-electron chi connectivity index (χ2n) is 16.3. The molecular formula is C48H58. The molecule has 250 valence electrons. The molecule has 0 spiro atoms. The second-order valence-corrected chi connectivity index (χ2v) is 16.3. The van der Waals surface area contributed by atoms with Crippen molar-refractivity contribution in [2.75, 3.05) is 0 Å². The van der Waals surface area contributed by atoms with E-state index in [-0.39, 0.29) is 27.1 Å². The molecule has 0 aliphatic carbocycles. The maximum absolute atomic E-state index is 2.56. The lowest BCUT2D eigenvalue weighted by Gasteiger charge is -2.47. The van der Waals surface area contributed by atoms with Crippen molar-refractivity contribution in [3.8, 4) is 0 Å². The highest BCUT2D eigenvalue weighted by atomic mass is 14.5. The normalized spacial score (nSPS) is 17.0. The molecule has 0 aliphatic heterocycles. The maximum Gasteiger partial charge on any atom is -0.00586 e. The molecular weight excluding hydrogens is 577 g/mol. The first-order valence-corrected chi connectivity index (χ1v) is 18.2. The highest BCUT2D eigenvalue weighted by Crippen LogP contribution is 2.51. The van der Waals surface area contributed by atoms with Crippen LogP contribution in [0.4, 0.5) is 0 Å². The first kappa shape index (κ1) is 35.4. The third kappa shape index (κ3) is 8.03. The van der Waals surface area contributed by atoms with Crippen molar-refractivity contribution in [1.29, 1.82) is 0 Å². The Morgan fingerprint density at radius 2 is 0.583 bits per heavy atom. The Morgan fingerprint density at radius 3 is 0.917 bits per heavy atom. The van der Waals surface area contributed by atoms with E-state index in [9.17, 15) is 0 Å². The van der Waals surface area contributed by atoms with Crippen LogP contribution in [-0.4, -0.2) is 0 Å². The lowest BCUT2D eigenvalue weighted by molar-refractivity contribution is 0.208. The average molecular weight is 635 g/mol. The molecule has 0 heteroatoms. The van der Waals surface area contributed by atoms with Crippen LogP contribution in [0, 0.1) is 0 Å². The Balaban J connectivity index is 1.56. The summed E-state index contributed by atoms with van der Waals surface area (Å²) in [6.07, 6.45) is 6.55. The number of benzene rings is 5. The van der Waals surface area contributed by atoms with Crippen molar-refractivity contribution in [2.24, 2.45) is 0 Å². The molecule has 0 nitrogen and oxygen atoms in total. The summed E-state index contributed by atoms with van der Waals surface area (Å²) in [5.41, 5.74) is 7.20. The minimum atomic E-state index is -0.0453. The molecule has 0 saturated carbocycles. The van der Waals surface area contributed by atoms with Crippen LogP contribution in [-0.2, 0) is 27.1 Å². The molecule has 0 amide bonds. The summed E-state index contributed by atoms with van der Waals surface area (Å²) < 4.78 is 0. The van der Waals surface area contributed by atoms with Gasteiger partial charge < -0.3 is 0 Å². The molecule has 4 atom stereocenters. The van der Waals surface area contributed by atoms with E-state index in [1.807, 2.05) is 0 Å². The molecule has 0 heterocycles. The van der Waals surface area contributed by atoms with Crippen LogP contribution in [0.3, 0.4) is 0 Å². The van der Waals surface area contributed by atoms with Gasteiger partial charge in [0.1, 0.15) is 0 Å². The molecule has 0 saturated heterocycles. The molecule has 5 rings (SSSR count). The summed E-state index contributed by atoms with van der Waals surface area (Å²) in [6, 6.07) is 56.5. The fraction of sp³-hybridized carbons (Fsp3) is 0.375. The monoisotopic (exact) mass is 634 g/mol. The number of hydrogen-bond acceptors (Lipinski definition) is 0. The smallest absolute Gasteiger partial charge is 0.00586 e. The van der Waals surface area contributed by atoms with E-state index in [0.29, 0.717) is 0 Å². The van der Waals surface area contributed by atoms with Gasteiger partial charge in [-0.15, -0.1) is 0 Å². The number of rotatable bonds is 15. The van der Waals surface area contributed by atoms with Gasteiger partial charge in [0.25, 0.3) is 0 Å². The zero-order valence-electron chi connectivity index (χ0n) is 30.7. The molecule has 0 N–H and O–H groups in total. The Bertz CT molecular complexity index is 1670. The van der Waals surface area contributed by atoms with E-state index in [2.05, 4.69) is 200 Å². The minimum Gasteiger partial charge on any atom is -0.0645 e. The van der Waals surface area contributed by atoms with Gasteiger partial charge in [-0.25, -0.2) is 0 Å². The maximum atomic E-state index is 2.56. The quantitative estimate of drug-likeness (QED) is 0.107. The van der Waals surface area contributed by atoms with Crippen LogP contribution in [0.25, 0.3) is 0 Å². The van der Waals surface area contributed by atoms with Gasteiger partial charge in [-0.3, -0.25) is 0 Å². The Labute approximate surface area is 292 Å². The third-order valence-electron chi connectivity index (χ3n) is 11.8. The van der Waals surface area contributed by atoms with E-state index in [0.717, 1.165) is 38.5 Å². The van der Waals surface area contributed by atoms with Crippen LogP contribution in [0.2, 0.25) is 0 Å². The van der Waals surface area contributed by atoms with Gasteiger partial charge in [-0.2, -0.15) is 0 Å². The summed E-state index contributed by atoms with van der Waals surface area (Å²) in [5.74, 6) is 0. The summed E-state index contributed by atoms with van der Waals surface area (Å²) in [4.78, 5) is 0. The van der Waals surface area contributed by atoms with Gasteiger partial charge in [-0.1, -0.05) is 200 Å². The zero-order valence-corrected chi connectivity index (χ0v) is 30.7. The zero-order chi connectivity index (χ0) is 34.3. The minimum absolute atomic E-state index is 0.00432. The van der Waals surface area contributed by atoms with Crippen LogP contribution in [0.15, 0.2) is 152 Å². The molecule has 0 aromatic heterocycles. The predicted octanol–water partition coefficient (Wildman–Crippen LogP) is 13.2. The van der Waals surface area contributed by atoms with Crippen molar-refractivity contribution >= 4 is 0 Å². The molecule has 0 radical (unpaired) electrons. The van der Waals surface area contributed by atoms with E-state index in [1.165, 1.54) is 27.8 Å². The van der Waals surface area contributed by atoms with Crippen molar-refractivity contribution in [2.45, 2.75) is 114 Å². The first-order valence-electron chi connectivity index (χ1n) is 18.2. The van der Waals surface area contributed by atoms with Gasteiger partial charge in [0.2, 0.25) is 0 Å². The van der Waals surface area contributed by atoms with Crippen molar-refractivity contribution in [3.63, 3.8) is 0 Å². The molecule has 48 heavy (non-hydrogen) atoms. The van der Waals surface area contributed by atoms with E-state index >= 15 is 0 Å². The highest BCUT2D eigenvalue weighted by molar-refractivity contribution is 5.35. The van der Waals surface area contributed by atoms with Gasteiger partial charge in [0, 0.05) is 0 Å². The van der Waals surface area contributed by atoms with Crippen LogP contribution in [0.5, 0.6) is 0 Å². The lowest BCUT2D eigenvalue weighted by Crippen LogP contribution is -2.40. The van der Waals surface area contributed by atoms with Gasteiger partial charge >= 0.3 is 0 Å². The Kier molecular flexibility index (Phi) is 10.8. The van der Waals surface area contributed by atoms with Crippen molar-refractivity contribution in [1.82, 2.24) is 0 Å². The van der Waals surface area contributed by atoms with Crippen LogP contribution >= 0.6 is 0 Å². The van der Waals surface area contributed by atoms with E-state index in [4.69, 9.17) is 0 Å². The highest BCUT2D eigenvalue weighted by Gasteiger charge is 2.44. The van der Waals surface area contributed by atoms with Crippen LogP contribution in [0.1, 0.15) is 115 Å². The van der Waals surface area contributed by atoms with E-state index < -0.39 is 0 Å². The molecule has 0 fully saturated rings. The second kappa shape index (κ2) is 14.7. The molecule has 5 aromatic carbocycles. The SMILES string of the molecule is CCC(C)(CC(C)(CCC(C)(CC(C)(CC(C)(C)c1ccccc1)c1ccccc1)c1ccccc1)c1ccccc1)c1ccccc1. The van der Waals surface area contributed by atoms with Crippen molar-refractivity contribution < 1.29 is 0 Å². The first-order chi connectivity index (χ1) is 22.9. The Hall–Kier alpha value is -3.90. The lowest BCUT2D eigenvalue weighted by atomic mass is 9.57. The summed E-state index contributed by atoms with van der Waals surface area (Å²) in [7, 11) is 0. The van der Waals surface area contributed by atoms with E-state index in [1.54, 1.807) is 0 Å². The van der Waals surface area contributed by atoms with Crippen LogP contribution < -0.4 is 0 Å². The van der Waals surface area contributed by atoms with Gasteiger partial charge in [-0.05, 0) is 93.4 Å². The molecule has 5 aromatic rings. The third-order valence-corrected chi connectivity index (χ3v) is 11.8.